The van der Waals surface area contributed by atoms with Crippen LogP contribution in [-0.4, -0.2) is 42.5 Å². The van der Waals surface area contributed by atoms with E-state index in [1.165, 1.54) is 11.0 Å². The standard InChI is InChI=1S/C17H22N2O3/c1-3-16(21)19(4-2)12-15(20)18-14-10-11-22-17(14)13-8-6-5-7-9-13/h3,5-9,14,17H,1,4,10-12H2,2H3,(H,18,20)/t14-,17+/m1/s1. The van der Waals surface area contributed by atoms with Gasteiger partial charge in [0.15, 0.2) is 0 Å². The summed E-state index contributed by atoms with van der Waals surface area (Å²) in [6.07, 6.45) is 1.87. The molecule has 2 atom stereocenters. The molecule has 0 radical (unpaired) electrons. The quantitative estimate of drug-likeness (QED) is 0.813. The molecule has 1 saturated heterocycles. The molecule has 5 nitrogen and oxygen atoms in total. The Bertz CT molecular complexity index is 530. The minimum absolute atomic E-state index is 0.0410. The first kappa shape index (κ1) is 16.2. The van der Waals surface area contributed by atoms with E-state index in [2.05, 4.69) is 11.9 Å². The molecular formula is C17H22N2O3. The van der Waals surface area contributed by atoms with Crippen LogP contribution in [0.25, 0.3) is 0 Å². The zero-order valence-electron chi connectivity index (χ0n) is 12.8. The number of likely N-dealkylation sites (N-methyl/N-ethyl adjacent to an activating group) is 1. The molecule has 2 amide bonds. The van der Waals surface area contributed by atoms with Crippen molar-refractivity contribution in [1.29, 1.82) is 0 Å². The Morgan fingerprint density at radius 1 is 1.41 bits per heavy atom. The summed E-state index contributed by atoms with van der Waals surface area (Å²) in [6, 6.07) is 9.79. The number of nitrogens with zero attached hydrogens (tertiary/aromatic N) is 1. The van der Waals surface area contributed by atoms with Gasteiger partial charge in [0.05, 0.1) is 12.6 Å². The smallest absolute Gasteiger partial charge is 0.246 e. The van der Waals surface area contributed by atoms with Crippen LogP contribution in [0.4, 0.5) is 0 Å². The Balaban J connectivity index is 1.95. The van der Waals surface area contributed by atoms with Crippen LogP contribution >= 0.6 is 0 Å². The molecule has 1 N–H and O–H groups in total. The summed E-state index contributed by atoms with van der Waals surface area (Å²) >= 11 is 0. The van der Waals surface area contributed by atoms with Gasteiger partial charge in [-0.2, -0.15) is 0 Å². The number of rotatable bonds is 6. The highest BCUT2D eigenvalue weighted by Crippen LogP contribution is 2.28. The average Bonchev–Trinajstić information content (AvgIpc) is 3.00. The first-order chi connectivity index (χ1) is 10.7. The van der Waals surface area contributed by atoms with Gasteiger partial charge in [0.1, 0.15) is 6.10 Å². The Labute approximate surface area is 130 Å². The van der Waals surface area contributed by atoms with Crippen molar-refractivity contribution in [3.8, 4) is 0 Å². The number of benzene rings is 1. The van der Waals surface area contributed by atoms with E-state index in [1.807, 2.05) is 37.3 Å². The molecule has 0 saturated carbocycles. The van der Waals surface area contributed by atoms with Gasteiger partial charge in [-0.1, -0.05) is 36.9 Å². The summed E-state index contributed by atoms with van der Waals surface area (Å²) in [5.41, 5.74) is 1.06. The highest BCUT2D eigenvalue weighted by atomic mass is 16.5. The molecule has 0 aliphatic carbocycles. The maximum absolute atomic E-state index is 12.2. The molecule has 1 aromatic carbocycles. The largest absolute Gasteiger partial charge is 0.371 e. The summed E-state index contributed by atoms with van der Waals surface area (Å²) < 4.78 is 5.74. The van der Waals surface area contributed by atoms with Crippen LogP contribution in [0.3, 0.4) is 0 Å². The number of nitrogens with one attached hydrogen (secondary N) is 1. The van der Waals surface area contributed by atoms with E-state index < -0.39 is 0 Å². The first-order valence-corrected chi connectivity index (χ1v) is 7.53. The topological polar surface area (TPSA) is 58.6 Å². The fourth-order valence-corrected chi connectivity index (χ4v) is 2.61. The number of amides is 2. The van der Waals surface area contributed by atoms with Gasteiger partial charge in [-0.05, 0) is 25.0 Å². The number of ether oxygens (including phenoxy) is 1. The highest BCUT2D eigenvalue weighted by Gasteiger charge is 2.31. The van der Waals surface area contributed by atoms with Crippen molar-refractivity contribution in [2.75, 3.05) is 19.7 Å². The van der Waals surface area contributed by atoms with Gasteiger partial charge in [0, 0.05) is 13.2 Å². The second-order valence-corrected chi connectivity index (χ2v) is 5.22. The minimum atomic E-state index is -0.236. The molecule has 1 aliphatic rings. The van der Waals surface area contributed by atoms with Crippen LogP contribution in [0.5, 0.6) is 0 Å². The maximum Gasteiger partial charge on any atom is 0.246 e. The average molecular weight is 302 g/mol. The van der Waals surface area contributed by atoms with Crippen molar-refractivity contribution in [2.45, 2.75) is 25.5 Å². The molecule has 2 rings (SSSR count). The van der Waals surface area contributed by atoms with Gasteiger partial charge in [-0.3, -0.25) is 9.59 Å². The van der Waals surface area contributed by atoms with E-state index >= 15 is 0 Å². The Morgan fingerprint density at radius 2 is 2.14 bits per heavy atom. The molecular weight excluding hydrogens is 280 g/mol. The predicted octanol–water partition coefficient (Wildman–Crippen LogP) is 1.67. The van der Waals surface area contributed by atoms with Crippen molar-refractivity contribution in [3.05, 3.63) is 48.6 Å². The van der Waals surface area contributed by atoms with Crippen LogP contribution in [0.2, 0.25) is 0 Å². The second-order valence-electron chi connectivity index (χ2n) is 5.22. The van der Waals surface area contributed by atoms with Crippen molar-refractivity contribution < 1.29 is 14.3 Å². The van der Waals surface area contributed by atoms with Crippen LogP contribution in [-0.2, 0) is 14.3 Å². The molecule has 1 aliphatic heterocycles. The van der Waals surface area contributed by atoms with Gasteiger partial charge in [0.25, 0.3) is 0 Å². The predicted molar refractivity (Wildman–Crippen MR) is 84.1 cm³/mol. The van der Waals surface area contributed by atoms with E-state index in [-0.39, 0.29) is 30.5 Å². The molecule has 5 heteroatoms. The molecule has 1 aromatic rings. The van der Waals surface area contributed by atoms with Gasteiger partial charge in [-0.25, -0.2) is 0 Å². The lowest BCUT2D eigenvalue weighted by atomic mass is 10.0. The molecule has 1 heterocycles. The molecule has 0 bridgehead atoms. The third-order valence-corrected chi connectivity index (χ3v) is 3.77. The fraction of sp³-hybridized carbons (Fsp3) is 0.412. The number of hydrogen-bond acceptors (Lipinski definition) is 3. The normalized spacial score (nSPS) is 20.4. The van der Waals surface area contributed by atoms with Crippen molar-refractivity contribution in [1.82, 2.24) is 10.2 Å². The van der Waals surface area contributed by atoms with E-state index in [9.17, 15) is 9.59 Å². The third-order valence-electron chi connectivity index (χ3n) is 3.77. The zero-order chi connectivity index (χ0) is 15.9. The third kappa shape index (κ3) is 3.95. The lowest BCUT2D eigenvalue weighted by Crippen LogP contribution is -2.44. The van der Waals surface area contributed by atoms with E-state index in [0.717, 1.165) is 12.0 Å². The van der Waals surface area contributed by atoms with Gasteiger partial charge >= 0.3 is 0 Å². The number of carbonyl (C=O) groups is 2. The van der Waals surface area contributed by atoms with Gasteiger partial charge < -0.3 is 15.0 Å². The van der Waals surface area contributed by atoms with Gasteiger partial charge in [-0.15, -0.1) is 0 Å². The van der Waals surface area contributed by atoms with Gasteiger partial charge in [0.2, 0.25) is 11.8 Å². The molecule has 22 heavy (non-hydrogen) atoms. The molecule has 0 unspecified atom stereocenters. The monoisotopic (exact) mass is 302 g/mol. The van der Waals surface area contributed by atoms with Crippen LogP contribution < -0.4 is 5.32 Å². The van der Waals surface area contributed by atoms with Crippen molar-refractivity contribution in [2.24, 2.45) is 0 Å². The summed E-state index contributed by atoms with van der Waals surface area (Å²) in [4.78, 5) is 25.2. The number of carbonyl (C=O) groups excluding carboxylic acids is 2. The van der Waals surface area contributed by atoms with Crippen LogP contribution in [0.1, 0.15) is 25.0 Å². The molecule has 118 valence electrons. The Morgan fingerprint density at radius 3 is 2.77 bits per heavy atom. The lowest BCUT2D eigenvalue weighted by Gasteiger charge is -2.23. The second kappa shape index (κ2) is 7.75. The van der Waals surface area contributed by atoms with Crippen molar-refractivity contribution >= 4 is 11.8 Å². The fourth-order valence-electron chi connectivity index (χ4n) is 2.61. The maximum atomic E-state index is 12.2. The van der Waals surface area contributed by atoms with Crippen LogP contribution in [0.15, 0.2) is 43.0 Å². The Kier molecular flexibility index (Phi) is 5.72. The summed E-state index contributed by atoms with van der Waals surface area (Å²) in [5, 5.41) is 2.98. The van der Waals surface area contributed by atoms with Crippen LogP contribution in [0, 0.1) is 0 Å². The summed E-state index contributed by atoms with van der Waals surface area (Å²) in [6.45, 7) is 6.42. The van der Waals surface area contributed by atoms with E-state index in [1.54, 1.807) is 0 Å². The molecule has 0 spiro atoms. The van der Waals surface area contributed by atoms with E-state index in [0.29, 0.717) is 13.2 Å². The lowest BCUT2D eigenvalue weighted by molar-refractivity contribution is -0.132. The Hall–Kier alpha value is -2.14. The molecule has 1 fully saturated rings. The zero-order valence-corrected chi connectivity index (χ0v) is 12.8. The first-order valence-electron chi connectivity index (χ1n) is 7.53. The highest BCUT2D eigenvalue weighted by molar-refractivity contribution is 5.90. The minimum Gasteiger partial charge on any atom is -0.371 e. The summed E-state index contributed by atoms with van der Waals surface area (Å²) in [7, 11) is 0. The summed E-state index contributed by atoms with van der Waals surface area (Å²) in [5.74, 6) is -0.409. The number of hydrogen-bond donors (Lipinski definition) is 1. The van der Waals surface area contributed by atoms with Crippen molar-refractivity contribution in [3.63, 3.8) is 0 Å². The SMILES string of the molecule is C=CC(=O)N(CC)CC(=O)N[C@@H]1CCO[C@H]1c1ccccc1. The molecule has 0 aromatic heterocycles. The van der Waals surface area contributed by atoms with E-state index in [4.69, 9.17) is 4.74 Å².